The van der Waals surface area contributed by atoms with Crippen molar-refractivity contribution in [3.63, 3.8) is 0 Å². The zero-order valence-electron chi connectivity index (χ0n) is 7.22. The van der Waals surface area contributed by atoms with E-state index in [1.807, 2.05) is 0 Å². The zero-order valence-corrected chi connectivity index (χ0v) is 7.22. The first-order valence-electron chi connectivity index (χ1n) is 3.74. The summed E-state index contributed by atoms with van der Waals surface area (Å²) in [4.78, 5) is 10.5. The number of carboxylic acid groups (broad SMARTS) is 1. The van der Waals surface area contributed by atoms with E-state index in [1.54, 1.807) is 0 Å². The molecule has 0 amide bonds. The Hall–Kier alpha value is -1.52. The summed E-state index contributed by atoms with van der Waals surface area (Å²) in [6, 6.07) is 3.46. The van der Waals surface area contributed by atoms with Crippen molar-refractivity contribution >= 4 is 5.97 Å². The van der Waals surface area contributed by atoms with Crippen molar-refractivity contribution in [1.29, 1.82) is 0 Å². The van der Waals surface area contributed by atoms with Crippen molar-refractivity contribution in [2.75, 3.05) is 0 Å². The second-order valence-corrected chi connectivity index (χ2v) is 2.80. The molecule has 1 rings (SSSR count). The Morgan fingerprint density at radius 2 is 1.93 bits per heavy atom. The van der Waals surface area contributed by atoms with E-state index in [2.05, 4.69) is 0 Å². The van der Waals surface area contributed by atoms with E-state index in [0.717, 1.165) is 6.07 Å². The average molecular weight is 204 g/mol. The van der Waals surface area contributed by atoms with Gasteiger partial charge >= 0.3 is 12.1 Å². The summed E-state index contributed by atoms with van der Waals surface area (Å²) in [6.45, 7) is 1.23. The Labute approximate surface area is 78.0 Å². The number of carboxylic acids is 1. The normalized spacial score (nSPS) is 11.4. The number of halogens is 3. The standard InChI is InChI=1S/C9H7F3O2/c1-5-3-2-4-6(8(13)14)7(5)9(10,11)12/h2-4H,1H3,(H,13,14). The van der Waals surface area contributed by atoms with Crippen molar-refractivity contribution < 1.29 is 23.1 Å². The third-order valence-corrected chi connectivity index (χ3v) is 1.79. The SMILES string of the molecule is Cc1cccc(C(=O)O)c1C(F)(F)F. The van der Waals surface area contributed by atoms with Gasteiger partial charge in [0, 0.05) is 0 Å². The van der Waals surface area contributed by atoms with Crippen LogP contribution in [0.5, 0.6) is 0 Å². The minimum atomic E-state index is -4.63. The molecule has 14 heavy (non-hydrogen) atoms. The third-order valence-electron chi connectivity index (χ3n) is 1.79. The maximum Gasteiger partial charge on any atom is 0.417 e. The monoisotopic (exact) mass is 204 g/mol. The molecule has 76 valence electrons. The molecule has 0 saturated heterocycles. The first kappa shape index (κ1) is 10.6. The van der Waals surface area contributed by atoms with Gasteiger partial charge in [0.05, 0.1) is 11.1 Å². The van der Waals surface area contributed by atoms with Crippen LogP contribution in [-0.2, 0) is 6.18 Å². The average Bonchev–Trinajstić information content (AvgIpc) is 2.01. The molecule has 0 aliphatic rings. The highest BCUT2D eigenvalue weighted by atomic mass is 19.4. The molecule has 0 saturated carbocycles. The Morgan fingerprint density at radius 1 is 1.36 bits per heavy atom. The Morgan fingerprint density at radius 3 is 2.29 bits per heavy atom. The molecule has 0 heterocycles. The van der Waals surface area contributed by atoms with Crippen LogP contribution in [0.25, 0.3) is 0 Å². The fraction of sp³-hybridized carbons (Fsp3) is 0.222. The molecule has 0 radical (unpaired) electrons. The van der Waals surface area contributed by atoms with E-state index in [0.29, 0.717) is 0 Å². The molecule has 0 aliphatic heterocycles. The quantitative estimate of drug-likeness (QED) is 0.763. The maximum absolute atomic E-state index is 12.4. The summed E-state index contributed by atoms with van der Waals surface area (Å²) in [5.41, 5.74) is -1.87. The molecule has 0 aromatic heterocycles. The van der Waals surface area contributed by atoms with Gasteiger partial charge in [-0.15, -0.1) is 0 Å². The van der Waals surface area contributed by atoms with Crippen LogP contribution >= 0.6 is 0 Å². The summed E-state index contributed by atoms with van der Waals surface area (Å²) in [7, 11) is 0. The van der Waals surface area contributed by atoms with Gasteiger partial charge in [0.15, 0.2) is 0 Å². The third kappa shape index (κ3) is 1.86. The van der Waals surface area contributed by atoms with Gasteiger partial charge in [-0.1, -0.05) is 12.1 Å². The molecule has 0 spiro atoms. The van der Waals surface area contributed by atoms with Gasteiger partial charge in [-0.25, -0.2) is 4.79 Å². The first-order chi connectivity index (χ1) is 6.34. The summed E-state index contributed by atoms with van der Waals surface area (Å²) < 4.78 is 37.2. The Kier molecular flexibility index (Phi) is 2.51. The Bertz CT molecular complexity index is 369. The molecule has 2 nitrogen and oxygen atoms in total. The minimum Gasteiger partial charge on any atom is -0.478 e. The van der Waals surface area contributed by atoms with Gasteiger partial charge in [-0.05, 0) is 18.6 Å². The van der Waals surface area contributed by atoms with Crippen LogP contribution in [-0.4, -0.2) is 11.1 Å². The fourth-order valence-electron chi connectivity index (χ4n) is 1.22. The summed E-state index contributed by atoms with van der Waals surface area (Å²) in [6.07, 6.45) is -4.63. The van der Waals surface area contributed by atoms with Crippen molar-refractivity contribution in [3.05, 3.63) is 34.9 Å². The summed E-state index contributed by atoms with van der Waals surface area (Å²) in [5, 5.41) is 8.55. The van der Waals surface area contributed by atoms with Crippen molar-refractivity contribution in [3.8, 4) is 0 Å². The number of rotatable bonds is 1. The second kappa shape index (κ2) is 3.32. The topological polar surface area (TPSA) is 37.3 Å². The summed E-state index contributed by atoms with van der Waals surface area (Å²) in [5.74, 6) is -1.57. The summed E-state index contributed by atoms with van der Waals surface area (Å²) >= 11 is 0. The van der Waals surface area contributed by atoms with Crippen LogP contribution in [0.15, 0.2) is 18.2 Å². The van der Waals surface area contributed by atoms with Crippen molar-refractivity contribution in [2.45, 2.75) is 13.1 Å². The number of benzene rings is 1. The predicted octanol–water partition coefficient (Wildman–Crippen LogP) is 2.71. The van der Waals surface area contributed by atoms with Gasteiger partial charge in [0.2, 0.25) is 0 Å². The van der Waals surface area contributed by atoms with Gasteiger partial charge in [0.1, 0.15) is 0 Å². The molecule has 0 bridgehead atoms. The van der Waals surface area contributed by atoms with Gasteiger partial charge in [-0.3, -0.25) is 0 Å². The van der Waals surface area contributed by atoms with E-state index in [4.69, 9.17) is 5.11 Å². The molecular weight excluding hydrogens is 197 g/mol. The first-order valence-corrected chi connectivity index (χ1v) is 3.74. The number of carbonyl (C=O) groups is 1. The van der Waals surface area contributed by atoms with E-state index in [1.165, 1.54) is 19.1 Å². The number of hydrogen-bond donors (Lipinski definition) is 1. The van der Waals surface area contributed by atoms with Gasteiger partial charge in [-0.2, -0.15) is 13.2 Å². The number of aromatic carboxylic acids is 1. The Balaban J connectivity index is 3.45. The van der Waals surface area contributed by atoms with Gasteiger partial charge in [0.25, 0.3) is 0 Å². The lowest BCUT2D eigenvalue weighted by atomic mass is 10.0. The zero-order chi connectivity index (χ0) is 10.9. The highest BCUT2D eigenvalue weighted by molar-refractivity contribution is 5.90. The second-order valence-electron chi connectivity index (χ2n) is 2.80. The molecule has 1 aromatic carbocycles. The molecule has 0 atom stereocenters. The van der Waals surface area contributed by atoms with Crippen LogP contribution < -0.4 is 0 Å². The molecular formula is C9H7F3O2. The predicted molar refractivity (Wildman–Crippen MR) is 43.1 cm³/mol. The lowest BCUT2D eigenvalue weighted by molar-refractivity contribution is -0.138. The van der Waals surface area contributed by atoms with Crippen LogP contribution in [0.1, 0.15) is 21.5 Å². The highest BCUT2D eigenvalue weighted by Gasteiger charge is 2.36. The van der Waals surface area contributed by atoms with E-state index in [-0.39, 0.29) is 5.56 Å². The number of hydrogen-bond acceptors (Lipinski definition) is 1. The van der Waals surface area contributed by atoms with E-state index < -0.39 is 23.3 Å². The molecule has 0 fully saturated rings. The van der Waals surface area contributed by atoms with Crippen molar-refractivity contribution in [1.82, 2.24) is 0 Å². The van der Waals surface area contributed by atoms with Gasteiger partial charge < -0.3 is 5.11 Å². The molecule has 0 unspecified atom stereocenters. The largest absolute Gasteiger partial charge is 0.478 e. The molecule has 1 aromatic rings. The van der Waals surface area contributed by atoms with Crippen molar-refractivity contribution in [2.24, 2.45) is 0 Å². The smallest absolute Gasteiger partial charge is 0.417 e. The molecule has 0 aliphatic carbocycles. The minimum absolute atomic E-state index is 0.0857. The fourth-order valence-corrected chi connectivity index (χ4v) is 1.22. The van der Waals surface area contributed by atoms with E-state index >= 15 is 0 Å². The van der Waals surface area contributed by atoms with Crippen LogP contribution in [0.2, 0.25) is 0 Å². The van der Waals surface area contributed by atoms with Crippen LogP contribution in [0.3, 0.4) is 0 Å². The van der Waals surface area contributed by atoms with Crippen LogP contribution in [0.4, 0.5) is 13.2 Å². The number of alkyl halides is 3. The molecule has 1 N–H and O–H groups in total. The lowest BCUT2D eigenvalue weighted by Crippen LogP contribution is -2.14. The van der Waals surface area contributed by atoms with E-state index in [9.17, 15) is 18.0 Å². The lowest BCUT2D eigenvalue weighted by Gasteiger charge is -2.12. The maximum atomic E-state index is 12.4. The highest BCUT2D eigenvalue weighted by Crippen LogP contribution is 2.34. The molecule has 5 heteroatoms. The van der Waals surface area contributed by atoms with Crippen LogP contribution in [0, 0.1) is 6.92 Å². The number of aryl methyl sites for hydroxylation is 1.